The van der Waals surface area contributed by atoms with Crippen LogP contribution in [0.4, 0.5) is 0 Å². The predicted octanol–water partition coefficient (Wildman–Crippen LogP) is 2.21. The second-order valence-corrected chi connectivity index (χ2v) is 6.17. The Hall–Kier alpha value is -1.65. The van der Waals surface area contributed by atoms with Crippen molar-refractivity contribution in [2.45, 2.75) is 38.8 Å². The van der Waals surface area contributed by atoms with Gasteiger partial charge in [-0.3, -0.25) is 4.79 Å². The number of hydrogen-bond acceptors (Lipinski definition) is 3. The van der Waals surface area contributed by atoms with Gasteiger partial charge in [0.25, 0.3) is 5.91 Å². The number of aliphatic hydroxyl groups excluding tert-OH is 1. The fourth-order valence-corrected chi connectivity index (χ4v) is 2.75. The summed E-state index contributed by atoms with van der Waals surface area (Å²) in [4.78, 5) is 14.4. The minimum Gasteiger partial charge on any atom is -0.390 e. The number of piperidine rings is 1. The molecule has 2 rings (SSSR count). The summed E-state index contributed by atoms with van der Waals surface area (Å²) in [5, 5.41) is 13.2. The van der Waals surface area contributed by atoms with Crippen LogP contribution in [0.2, 0.25) is 0 Å². The molecule has 0 saturated carbocycles. The number of benzene rings is 1. The van der Waals surface area contributed by atoms with Crippen LogP contribution in [0.1, 0.15) is 37.0 Å². The number of nitrogens with one attached hydrogen (secondary N) is 1. The Labute approximate surface area is 132 Å². The molecule has 0 spiro atoms. The van der Waals surface area contributed by atoms with Gasteiger partial charge in [-0.2, -0.15) is 0 Å². The van der Waals surface area contributed by atoms with Crippen LogP contribution >= 0.6 is 0 Å². The minimum atomic E-state index is -0.506. The molecule has 1 aliphatic heterocycles. The minimum absolute atomic E-state index is 0.109. The van der Waals surface area contributed by atoms with Crippen LogP contribution in [0, 0.1) is 0 Å². The fourth-order valence-electron chi connectivity index (χ4n) is 2.75. The molecule has 120 valence electrons. The molecular formula is C18H26N2O2. The number of nitrogens with zero attached hydrogens (tertiary/aromatic N) is 1. The summed E-state index contributed by atoms with van der Waals surface area (Å²) in [6.07, 6.45) is 3.51. The summed E-state index contributed by atoms with van der Waals surface area (Å²) >= 11 is 0. The molecule has 4 nitrogen and oxygen atoms in total. The predicted molar refractivity (Wildman–Crippen MR) is 88.8 cm³/mol. The first-order valence-electron chi connectivity index (χ1n) is 7.96. The van der Waals surface area contributed by atoms with Crippen molar-refractivity contribution in [3.05, 3.63) is 47.5 Å². The number of aliphatic hydroxyl groups is 1. The molecule has 0 aromatic heterocycles. The molecule has 1 heterocycles. The van der Waals surface area contributed by atoms with Crippen LogP contribution in [0.3, 0.4) is 0 Å². The van der Waals surface area contributed by atoms with Crippen molar-refractivity contribution in [3.63, 3.8) is 0 Å². The van der Waals surface area contributed by atoms with Crippen molar-refractivity contribution in [2.75, 3.05) is 19.6 Å². The van der Waals surface area contributed by atoms with Crippen LogP contribution < -0.4 is 5.32 Å². The third-order valence-electron chi connectivity index (χ3n) is 4.02. The van der Waals surface area contributed by atoms with Crippen LogP contribution in [0.5, 0.6) is 0 Å². The van der Waals surface area contributed by atoms with Gasteiger partial charge in [0, 0.05) is 25.2 Å². The van der Waals surface area contributed by atoms with Gasteiger partial charge in [-0.15, -0.1) is 0 Å². The Morgan fingerprint density at radius 3 is 2.73 bits per heavy atom. The summed E-state index contributed by atoms with van der Waals surface area (Å²) in [5.41, 5.74) is 1.96. The van der Waals surface area contributed by atoms with E-state index in [4.69, 9.17) is 0 Å². The lowest BCUT2D eigenvalue weighted by Crippen LogP contribution is -2.54. The summed E-state index contributed by atoms with van der Waals surface area (Å²) in [5.74, 6) is -0.109. The van der Waals surface area contributed by atoms with Gasteiger partial charge in [-0.25, -0.2) is 0 Å². The quantitative estimate of drug-likeness (QED) is 0.820. The molecule has 0 bridgehead atoms. The van der Waals surface area contributed by atoms with Gasteiger partial charge in [0.2, 0.25) is 0 Å². The topological polar surface area (TPSA) is 52.6 Å². The first-order chi connectivity index (χ1) is 10.6. The molecule has 2 N–H and O–H groups in total. The van der Waals surface area contributed by atoms with Gasteiger partial charge in [0.05, 0.1) is 12.1 Å². The molecule has 0 unspecified atom stereocenters. The standard InChI is InChI=1S/C18H26N2O2/c1-14(2)7-6-11-20-12-10-16(17(21)13-20)19-18(22)15-8-4-3-5-9-15/h3-5,7-9,16-17,21H,6,10-13H2,1-2H3,(H,19,22)/t16-,17-/m0/s1. The van der Waals surface area contributed by atoms with Crippen molar-refractivity contribution in [3.8, 4) is 0 Å². The summed E-state index contributed by atoms with van der Waals surface area (Å²) in [6.45, 7) is 6.69. The van der Waals surface area contributed by atoms with Gasteiger partial charge in [0.1, 0.15) is 0 Å². The average molecular weight is 302 g/mol. The van der Waals surface area contributed by atoms with E-state index >= 15 is 0 Å². The molecule has 1 aliphatic rings. The number of β-amino-alcohol motifs (C(OH)–C–C–N with tert-alkyl or cyclic N) is 1. The van der Waals surface area contributed by atoms with Gasteiger partial charge in [-0.1, -0.05) is 29.8 Å². The molecule has 0 aliphatic carbocycles. The van der Waals surface area contributed by atoms with Gasteiger partial charge < -0.3 is 15.3 Å². The maximum Gasteiger partial charge on any atom is 0.251 e. The van der Waals surface area contributed by atoms with E-state index in [9.17, 15) is 9.90 Å². The van der Waals surface area contributed by atoms with E-state index in [-0.39, 0.29) is 11.9 Å². The third-order valence-corrected chi connectivity index (χ3v) is 4.02. The highest BCUT2D eigenvalue weighted by Gasteiger charge is 2.28. The van der Waals surface area contributed by atoms with Crippen LogP contribution in [-0.4, -0.2) is 47.7 Å². The lowest BCUT2D eigenvalue weighted by atomic mass is 10.0. The summed E-state index contributed by atoms with van der Waals surface area (Å²) < 4.78 is 0. The van der Waals surface area contributed by atoms with Gasteiger partial charge >= 0.3 is 0 Å². The Balaban J connectivity index is 1.81. The smallest absolute Gasteiger partial charge is 0.251 e. The fraction of sp³-hybridized carbons (Fsp3) is 0.500. The van der Waals surface area contributed by atoms with Gasteiger partial charge in [-0.05, 0) is 38.8 Å². The Bertz CT molecular complexity index is 509. The molecule has 1 saturated heterocycles. The first kappa shape index (κ1) is 16.7. The molecule has 0 radical (unpaired) electrons. The molecule has 1 amide bonds. The van der Waals surface area contributed by atoms with Crippen molar-refractivity contribution >= 4 is 5.91 Å². The zero-order valence-electron chi connectivity index (χ0n) is 13.5. The monoisotopic (exact) mass is 302 g/mol. The molecule has 1 aromatic carbocycles. The van der Waals surface area contributed by atoms with E-state index in [1.54, 1.807) is 12.1 Å². The largest absolute Gasteiger partial charge is 0.390 e. The SMILES string of the molecule is CC(C)=CCCN1CC[C@H](NC(=O)c2ccccc2)[C@@H](O)C1. The number of carbonyl (C=O) groups is 1. The first-order valence-corrected chi connectivity index (χ1v) is 7.96. The number of likely N-dealkylation sites (tertiary alicyclic amines) is 1. The molecule has 2 atom stereocenters. The summed E-state index contributed by atoms with van der Waals surface area (Å²) in [7, 11) is 0. The van der Waals surface area contributed by atoms with Crippen LogP contribution in [-0.2, 0) is 0 Å². The lowest BCUT2D eigenvalue weighted by Gasteiger charge is -2.36. The highest BCUT2D eigenvalue weighted by atomic mass is 16.3. The van der Waals surface area contributed by atoms with Gasteiger partial charge in [0.15, 0.2) is 0 Å². The molecule has 1 fully saturated rings. The van der Waals surface area contributed by atoms with Crippen molar-refractivity contribution in [2.24, 2.45) is 0 Å². The highest BCUT2D eigenvalue weighted by molar-refractivity contribution is 5.94. The second-order valence-electron chi connectivity index (χ2n) is 6.17. The van der Waals surface area contributed by atoms with Crippen molar-refractivity contribution < 1.29 is 9.90 Å². The van der Waals surface area contributed by atoms with Crippen molar-refractivity contribution in [1.82, 2.24) is 10.2 Å². The zero-order valence-corrected chi connectivity index (χ0v) is 13.5. The summed E-state index contributed by atoms with van der Waals surface area (Å²) in [6, 6.07) is 8.99. The maximum absolute atomic E-state index is 12.1. The zero-order chi connectivity index (χ0) is 15.9. The Morgan fingerprint density at radius 1 is 1.36 bits per heavy atom. The number of allylic oxidation sites excluding steroid dienone is 1. The third kappa shape index (κ3) is 4.97. The van der Waals surface area contributed by atoms with Crippen LogP contribution in [0.15, 0.2) is 42.0 Å². The lowest BCUT2D eigenvalue weighted by molar-refractivity contribution is 0.0386. The van der Waals surface area contributed by atoms with E-state index in [1.165, 1.54) is 5.57 Å². The van der Waals surface area contributed by atoms with E-state index in [0.29, 0.717) is 12.1 Å². The molecule has 4 heteroatoms. The highest BCUT2D eigenvalue weighted by Crippen LogP contribution is 2.13. The van der Waals surface area contributed by atoms with E-state index in [0.717, 1.165) is 25.9 Å². The number of rotatable bonds is 5. The Kier molecular flexibility index (Phi) is 6.16. The Morgan fingerprint density at radius 2 is 2.09 bits per heavy atom. The second kappa shape index (κ2) is 8.11. The number of carbonyl (C=O) groups excluding carboxylic acids is 1. The van der Waals surface area contributed by atoms with E-state index in [1.807, 2.05) is 18.2 Å². The number of hydrogen-bond donors (Lipinski definition) is 2. The maximum atomic E-state index is 12.1. The average Bonchev–Trinajstić information content (AvgIpc) is 2.50. The number of amides is 1. The van der Waals surface area contributed by atoms with E-state index in [2.05, 4.69) is 30.1 Å². The molecule has 1 aromatic rings. The molecular weight excluding hydrogens is 276 g/mol. The van der Waals surface area contributed by atoms with E-state index < -0.39 is 6.10 Å². The molecule has 22 heavy (non-hydrogen) atoms. The van der Waals surface area contributed by atoms with Crippen molar-refractivity contribution in [1.29, 1.82) is 0 Å². The normalized spacial score (nSPS) is 22.1. The van der Waals surface area contributed by atoms with Crippen LogP contribution in [0.25, 0.3) is 0 Å².